The summed E-state index contributed by atoms with van der Waals surface area (Å²) in [5, 5.41) is 0.972. The van der Waals surface area contributed by atoms with Crippen molar-refractivity contribution in [3.63, 3.8) is 0 Å². The van der Waals surface area contributed by atoms with Gasteiger partial charge in [0.25, 0.3) is 0 Å². The van der Waals surface area contributed by atoms with Crippen LogP contribution < -0.4 is 14.5 Å². The van der Waals surface area contributed by atoms with E-state index in [2.05, 4.69) is 65.2 Å². The number of anilines is 2. The lowest BCUT2D eigenvalue weighted by atomic mass is 10.0. The molecule has 2 fully saturated rings. The zero-order chi connectivity index (χ0) is 28.4. The van der Waals surface area contributed by atoms with Crippen LogP contribution in [-0.2, 0) is 23.0 Å². The minimum atomic E-state index is -3.63. The Bertz CT molecular complexity index is 1410. The molecule has 4 heterocycles. The van der Waals surface area contributed by atoms with Crippen molar-refractivity contribution in [1.82, 2.24) is 19.2 Å². The molecule has 1 aromatic heterocycles. The van der Waals surface area contributed by atoms with Gasteiger partial charge in [0.1, 0.15) is 18.5 Å². The molecule has 40 heavy (non-hydrogen) atoms. The molecule has 3 aliphatic heterocycles. The van der Waals surface area contributed by atoms with E-state index >= 15 is 0 Å². The van der Waals surface area contributed by atoms with Crippen molar-refractivity contribution in [2.75, 3.05) is 62.7 Å². The first-order chi connectivity index (χ1) is 19.2. The normalized spacial score (nSPS) is 22.1. The van der Waals surface area contributed by atoms with Crippen molar-refractivity contribution >= 4 is 21.5 Å². The summed E-state index contributed by atoms with van der Waals surface area (Å²) in [7, 11) is -1.51. The lowest BCUT2D eigenvalue weighted by Crippen LogP contribution is -2.56. The maximum atomic E-state index is 12.7. The summed E-state index contributed by atoms with van der Waals surface area (Å²) in [6.45, 7) is 19.5. The van der Waals surface area contributed by atoms with Gasteiger partial charge in [-0.3, -0.25) is 0 Å². The standard InChI is InChI=1S/C29H39N7O3S/c1-6-40(37,38)36-16-15-35(18-24(36)17-30-4)28-25-12-14-34(27-11-7-9-21(2)22(27)3)19-26(25)31-29(32-28)39-20-23-10-8-13-33(23)5/h6-7,9,11,23-24H,1,8,10,12-20H2,2-3,5H3/t23-,24?/m0/s1. The number of benzene rings is 1. The van der Waals surface area contributed by atoms with Gasteiger partial charge in [0.2, 0.25) is 16.6 Å². The molecule has 0 amide bonds. The summed E-state index contributed by atoms with van der Waals surface area (Å²) in [6, 6.07) is 6.61. The molecule has 1 aromatic carbocycles. The molecule has 0 radical (unpaired) electrons. The van der Waals surface area contributed by atoms with Crippen molar-refractivity contribution in [2.24, 2.45) is 0 Å². The molecule has 3 aliphatic rings. The van der Waals surface area contributed by atoms with E-state index in [9.17, 15) is 8.42 Å². The third-order valence-corrected chi connectivity index (χ3v) is 10.1. The first-order valence-electron chi connectivity index (χ1n) is 14.0. The summed E-state index contributed by atoms with van der Waals surface area (Å²) in [6.07, 6.45) is 3.01. The lowest BCUT2D eigenvalue weighted by molar-refractivity contribution is 0.187. The third kappa shape index (κ3) is 5.66. The number of hydrogen-bond donors (Lipinski definition) is 0. The number of aryl methyl sites for hydroxylation is 1. The number of likely N-dealkylation sites (tertiary alicyclic amines) is 1. The molecule has 2 aromatic rings. The number of sulfonamides is 1. The van der Waals surface area contributed by atoms with Crippen LogP contribution in [0.5, 0.6) is 6.01 Å². The van der Waals surface area contributed by atoms with E-state index in [1.54, 1.807) is 0 Å². The van der Waals surface area contributed by atoms with E-state index < -0.39 is 16.1 Å². The number of rotatable bonds is 8. The fourth-order valence-corrected chi connectivity index (χ4v) is 7.15. The largest absolute Gasteiger partial charge is 0.462 e. The van der Waals surface area contributed by atoms with E-state index in [1.807, 2.05) is 0 Å². The van der Waals surface area contributed by atoms with Crippen molar-refractivity contribution in [2.45, 2.75) is 51.7 Å². The Morgan fingerprint density at radius 1 is 1.15 bits per heavy atom. The Morgan fingerprint density at radius 3 is 2.70 bits per heavy atom. The SMILES string of the molecule is [C-]#[N+]CC1CN(c2nc(OC[C@@H]3CCCN3C)nc3c2CCN(c2cccc(C)c2C)C3)CCN1S(=O)(=O)C=C. The van der Waals surface area contributed by atoms with E-state index in [0.29, 0.717) is 38.3 Å². The molecule has 214 valence electrons. The van der Waals surface area contributed by atoms with Crippen LogP contribution in [0, 0.1) is 20.4 Å². The smallest absolute Gasteiger partial charge is 0.318 e. The zero-order valence-electron chi connectivity index (χ0n) is 23.7. The molecule has 10 nitrogen and oxygen atoms in total. The van der Waals surface area contributed by atoms with E-state index in [4.69, 9.17) is 21.3 Å². The number of aromatic nitrogens is 2. The Balaban J connectivity index is 1.47. The molecule has 0 aliphatic carbocycles. The van der Waals surface area contributed by atoms with Crippen molar-refractivity contribution in [3.8, 4) is 6.01 Å². The van der Waals surface area contributed by atoms with E-state index in [0.717, 1.165) is 54.8 Å². The molecule has 5 rings (SSSR count). The predicted octanol–water partition coefficient (Wildman–Crippen LogP) is 3.01. The second kappa shape index (κ2) is 11.7. The maximum Gasteiger partial charge on any atom is 0.318 e. The van der Waals surface area contributed by atoms with Crippen LogP contribution in [0.25, 0.3) is 4.85 Å². The number of fused-ring (bicyclic) bond motifs is 1. The van der Waals surface area contributed by atoms with Gasteiger partial charge in [0, 0.05) is 48.9 Å². The highest BCUT2D eigenvalue weighted by Gasteiger charge is 2.38. The van der Waals surface area contributed by atoms with Gasteiger partial charge in [-0.25, -0.2) is 15.0 Å². The van der Waals surface area contributed by atoms with Gasteiger partial charge in [-0.1, -0.05) is 18.7 Å². The van der Waals surface area contributed by atoms with Gasteiger partial charge >= 0.3 is 6.01 Å². The molecule has 0 spiro atoms. The van der Waals surface area contributed by atoms with Gasteiger partial charge in [0.15, 0.2) is 0 Å². The van der Waals surface area contributed by atoms with Crippen molar-refractivity contribution < 1.29 is 13.2 Å². The number of piperazine rings is 1. The molecular formula is C29H39N7O3S. The summed E-state index contributed by atoms with van der Waals surface area (Å²) < 4.78 is 33.0. The molecule has 0 N–H and O–H groups in total. The average Bonchev–Trinajstić information content (AvgIpc) is 3.37. The van der Waals surface area contributed by atoms with Crippen LogP contribution in [0.4, 0.5) is 11.5 Å². The second-order valence-corrected chi connectivity index (χ2v) is 12.8. The fraction of sp³-hybridized carbons (Fsp3) is 0.552. The van der Waals surface area contributed by atoms with Crippen LogP contribution in [0.15, 0.2) is 30.2 Å². The number of likely N-dealkylation sites (N-methyl/N-ethyl adjacent to an activating group) is 1. The summed E-state index contributed by atoms with van der Waals surface area (Å²) >= 11 is 0. The van der Waals surface area contributed by atoms with Crippen LogP contribution in [0.3, 0.4) is 0 Å². The predicted molar refractivity (Wildman–Crippen MR) is 157 cm³/mol. The van der Waals surface area contributed by atoms with Gasteiger partial charge in [-0.05, 0) is 63.9 Å². The van der Waals surface area contributed by atoms with Crippen LogP contribution >= 0.6 is 0 Å². The van der Waals surface area contributed by atoms with Crippen LogP contribution in [0.1, 0.15) is 35.2 Å². The average molecular weight is 566 g/mol. The number of nitrogens with zero attached hydrogens (tertiary/aromatic N) is 7. The number of ether oxygens (including phenoxy) is 1. The quantitative estimate of drug-likeness (QED) is 0.452. The van der Waals surface area contributed by atoms with Gasteiger partial charge in [0.05, 0.1) is 12.2 Å². The molecule has 1 unspecified atom stereocenters. The highest BCUT2D eigenvalue weighted by molar-refractivity contribution is 7.92. The summed E-state index contributed by atoms with van der Waals surface area (Å²) in [4.78, 5) is 20.2. The highest BCUT2D eigenvalue weighted by atomic mass is 32.2. The summed E-state index contributed by atoms with van der Waals surface area (Å²) in [5.74, 6) is 0.797. The Labute approximate surface area is 238 Å². The minimum Gasteiger partial charge on any atom is -0.462 e. The minimum absolute atomic E-state index is 0.0780. The van der Waals surface area contributed by atoms with Crippen LogP contribution in [-0.4, -0.2) is 92.6 Å². The Morgan fingerprint density at radius 2 is 1.98 bits per heavy atom. The Kier molecular flexibility index (Phi) is 8.31. The van der Waals surface area contributed by atoms with Gasteiger partial charge in [-0.2, -0.15) is 14.3 Å². The van der Waals surface area contributed by atoms with Crippen LogP contribution in [0.2, 0.25) is 0 Å². The van der Waals surface area contributed by atoms with Crippen molar-refractivity contribution in [1.29, 1.82) is 0 Å². The second-order valence-electron chi connectivity index (χ2n) is 11.0. The molecule has 2 saturated heterocycles. The van der Waals surface area contributed by atoms with E-state index in [-0.39, 0.29) is 13.1 Å². The third-order valence-electron chi connectivity index (χ3n) is 8.58. The molecule has 0 bridgehead atoms. The Hall–Kier alpha value is -3.20. The van der Waals surface area contributed by atoms with Crippen molar-refractivity contribution in [3.05, 3.63) is 64.0 Å². The highest BCUT2D eigenvalue weighted by Crippen LogP contribution is 2.34. The maximum absolute atomic E-state index is 12.7. The molecular weight excluding hydrogens is 526 g/mol. The van der Waals surface area contributed by atoms with Gasteiger partial charge < -0.3 is 24.3 Å². The van der Waals surface area contributed by atoms with Gasteiger partial charge in [-0.15, -0.1) is 0 Å². The topological polar surface area (TPSA) is 86.5 Å². The number of hydrogen-bond acceptors (Lipinski definition) is 8. The molecule has 0 saturated carbocycles. The van der Waals surface area contributed by atoms with E-state index in [1.165, 1.54) is 21.1 Å². The molecule has 2 atom stereocenters. The fourth-order valence-electron chi connectivity index (χ4n) is 6.07. The first-order valence-corrected chi connectivity index (χ1v) is 15.5. The zero-order valence-corrected chi connectivity index (χ0v) is 24.5. The monoisotopic (exact) mass is 565 g/mol. The first kappa shape index (κ1) is 28.3. The summed E-state index contributed by atoms with van der Waals surface area (Å²) in [5.41, 5.74) is 5.75. The molecule has 11 heteroatoms. The lowest BCUT2D eigenvalue weighted by Gasteiger charge is -2.40.